The summed E-state index contributed by atoms with van der Waals surface area (Å²) < 4.78 is 57.4. The fraction of sp³-hybridized carbons (Fsp3) is 0.0704. The Labute approximate surface area is 464 Å². The molecule has 0 spiro atoms. The number of aryl methyl sites for hydroxylation is 1. The Hall–Kier alpha value is -8.89. The molecule has 77 heavy (non-hydrogen) atoms. The fourth-order valence-electron chi connectivity index (χ4n) is 14.2. The first-order valence-corrected chi connectivity index (χ1v) is 27.2. The third-order valence-electron chi connectivity index (χ3n) is 17.0. The van der Waals surface area contributed by atoms with Crippen molar-refractivity contribution in [1.82, 2.24) is 18.7 Å². The second kappa shape index (κ2) is 16.8. The van der Waals surface area contributed by atoms with Crippen LogP contribution in [-0.2, 0) is 30.3 Å². The van der Waals surface area contributed by atoms with Crippen LogP contribution >= 0.6 is 0 Å². The number of ether oxygens (including phenoxy) is 1. The van der Waals surface area contributed by atoms with Crippen LogP contribution in [0.3, 0.4) is 0 Å². The van der Waals surface area contributed by atoms with Crippen LogP contribution in [0.1, 0.15) is 74.3 Å². The maximum atomic E-state index is 8.69. The van der Waals surface area contributed by atoms with E-state index in [1.54, 1.807) is 6.20 Å². The second-order valence-electron chi connectivity index (χ2n) is 20.5. The van der Waals surface area contributed by atoms with Gasteiger partial charge >= 0.3 is 388 Å². The van der Waals surface area contributed by atoms with Crippen LogP contribution in [0.25, 0.3) is 55.5 Å². The molecule has 0 fully saturated rings. The molecule has 6 aliphatic carbocycles. The van der Waals surface area contributed by atoms with E-state index >= 15 is 0 Å². The molecule has 0 saturated carbocycles. The van der Waals surface area contributed by atoms with E-state index in [9.17, 15) is 0 Å². The number of rotatable bonds is 7. The number of nitrogens with zero attached hydrogens (tertiary/aromatic N) is 4. The summed E-state index contributed by atoms with van der Waals surface area (Å²) in [7, 11) is 0. The molecular formula is C71H48N4OPt. The van der Waals surface area contributed by atoms with E-state index in [2.05, 4.69) is 227 Å². The van der Waals surface area contributed by atoms with Crippen LogP contribution in [-0.4, -0.2) is 18.7 Å². The first-order chi connectivity index (χ1) is 40.1. The smallest absolute Gasteiger partial charge is 0.0616 e. The van der Waals surface area contributed by atoms with Crippen molar-refractivity contribution in [1.29, 1.82) is 0 Å². The first kappa shape index (κ1) is 39.5. The van der Waals surface area contributed by atoms with Gasteiger partial charge in [-0.25, -0.2) is 0 Å². The van der Waals surface area contributed by atoms with E-state index in [1.165, 1.54) is 50.1 Å². The molecule has 3 heterocycles. The number of para-hydroxylation sites is 3. The van der Waals surface area contributed by atoms with Crippen molar-refractivity contribution in [2.45, 2.75) is 29.7 Å². The Balaban J connectivity index is 0.879. The van der Waals surface area contributed by atoms with Gasteiger partial charge < -0.3 is 0 Å². The van der Waals surface area contributed by atoms with Crippen LogP contribution in [0.5, 0.6) is 11.5 Å². The average molecular weight is 1170 g/mol. The summed E-state index contributed by atoms with van der Waals surface area (Å²) in [6.45, 7) is 1.88. The molecule has 4 bridgehead atoms. The van der Waals surface area contributed by atoms with Crippen LogP contribution < -0.4 is 4.74 Å². The number of fused-ring (bicyclic) bond motifs is 4. The Morgan fingerprint density at radius 3 is 1.75 bits per heavy atom. The topological polar surface area (TPSA) is 36.9 Å². The molecule has 0 unspecified atom stereocenters. The Kier molecular flexibility index (Phi) is 8.62. The number of hydrogen-bond donors (Lipinski definition) is 0. The minimum atomic E-state index is -0.791. The van der Waals surface area contributed by atoms with Gasteiger partial charge in [0, 0.05) is 11.8 Å². The van der Waals surface area contributed by atoms with E-state index in [0.29, 0.717) is 22.9 Å². The van der Waals surface area contributed by atoms with Gasteiger partial charge in [0.25, 0.3) is 0 Å². The maximum absolute atomic E-state index is 8.69. The summed E-state index contributed by atoms with van der Waals surface area (Å²) in [6.07, 6.45) is 1.61. The van der Waals surface area contributed by atoms with Crippen LogP contribution in [0.15, 0.2) is 261 Å². The van der Waals surface area contributed by atoms with Crippen molar-refractivity contribution in [2.24, 2.45) is 0 Å². The van der Waals surface area contributed by atoms with Gasteiger partial charge in [-0.3, -0.25) is 0 Å². The van der Waals surface area contributed by atoms with Crippen molar-refractivity contribution in [3.05, 3.63) is 320 Å². The van der Waals surface area contributed by atoms with Gasteiger partial charge in [-0.15, -0.1) is 0 Å². The number of aromatic nitrogens is 4. The second-order valence-corrected chi connectivity index (χ2v) is 21.6. The minimum Gasteiger partial charge on any atom is -0.0616 e. The monoisotopic (exact) mass is 1170 g/mol. The molecule has 0 aliphatic heterocycles. The van der Waals surface area contributed by atoms with Crippen molar-refractivity contribution < 1.29 is 30.9 Å². The Morgan fingerprint density at radius 2 is 1.06 bits per heavy atom. The molecule has 10 aromatic carbocycles. The zero-order chi connectivity index (χ0) is 55.3. The third kappa shape index (κ3) is 6.04. The van der Waals surface area contributed by atoms with E-state index in [0.717, 1.165) is 47.9 Å². The summed E-state index contributed by atoms with van der Waals surface area (Å²) in [5.74, 6) is 1.81. The molecule has 0 amide bonds. The zero-order valence-corrected chi connectivity index (χ0v) is 43.9. The van der Waals surface area contributed by atoms with Crippen molar-refractivity contribution in [3.63, 3.8) is 0 Å². The molecule has 0 radical (unpaired) electrons. The Morgan fingerprint density at radius 1 is 0.494 bits per heavy atom. The van der Waals surface area contributed by atoms with Crippen molar-refractivity contribution in [2.75, 3.05) is 0 Å². The van der Waals surface area contributed by atoms with Gasteiger partial charge in [0.05, 0.1) is 6.85 Å². The molecule has 0 N–H and O–H groups in total. The SMILES string of the molecule is [2H]c1c([2H])c([2H])c(-c2cnc(-n3c4ccccc4c4ccc(Oc5cccc(-n6[c](=[Pt])n(C78c9ccccc9C(c9ccccc9)(c9ccccc97)C7c9ccccc9C8c8ccccc87)c7ccccc76)c5)cc43)cc2C)c([2H])c1[2H]. The molecule has 13 aromatic rings. The van der Waals surface area contributed by atoms with E-state index in [4.69, 9.17) is 16.6 Å². The standard InChI is InChI=1S/C71H48N4O.Pt/c1-46-41-67(72-44-58(46)47-21-4-2-5-22-47)75-63-36-17-12-27-52(63)53-40-39-51(43-66(53)75)76-50-26-20-25-49(42-50)73-45-74(65-38-19-18-37-64(65)73)71-61-34-15-13-32-59(61)70(48-23-6-3-7-24-48,60-33-14-16-35-62(60)71)68-54-28-8-10-30-56(54)69(71)57-31-11-9-29-55(57)68;/h2-44,68-69H,1H3;/i2D,4D,5D,21D,22D;. The third-order valence-corrected chi connectivity index (χ3v) is 18.0. The first-order valence-electron chi connectivity index (χ1n) is 28.6. The predicted molar refractivity (Wildman–Crippen MR) is 305 cm³/mol. The van der Waals surface area contributed by atoms with Gasteiger partial charge in [-0.2, -0.15) is 0 Å². The number of hydrogen-bond acceptors (Lipinski definition) is 2. The van der Waals surface area contributed by atoms with Crippen LogP contribution in [0.2, 0.25) is 0 Å². The van der Waals surface area contributed by atoms with Crippen LogP contribution in [0, 0.1) is 10.7 Å². The van der Waals surface area contributed by atoms with Crippen molar-refractivity contribution >= 4 is 32.8 Å². The van der Waals surface area contributed by atoms with Gasteiger partial charge in [0.15, 0.2) is 0 Å². The van der Waals surface area contributed by atoms with E-state index in [-0.39, 0.29) is 41.6 Å². The van der Waals surface area contributed by atoms with Gasteiger partial charge in [0.2, 0.25) is 0 Å². The molecule has 6 heteroatoms. The zero-order valence-electron chi connectivity index (χ0n) is 46.6. The van der Waals surface area contributed by atoms with E-state index in [1.807, 2.05) is 37.3 Å². The summed E-state index contributed by atoms with van der Waals surface area (Å²) >= 11 is 2.61. The average Bonchev–Trinajstić information content (AvgIpc) is 0.852. The Bertz CT molecular complexity index is 4820. The molecule has 3 aromatic heterocycles. The molecule has 19 rings (SSSR count). The molecule has 368 valence electrons. The van der Waals surface area contributed by atoms with Crippen molar-refractivity contribution in [3.8, 4) is 34.1 Å². The quantitative estimate of drug-likeness (QED) is 0.159. The minimum absolute atomic E-state index is 0.00252. The van der Waals surface area contributed by atoms with Gasteiger partial charge in [-0.05, 0) is 18.1 Å². The number of pyridine rings is 1. The molecule has 0 atom stereocenters. The molecular weight excluding hydrogens is 1120 g/mol. The van der Waals surface area contributed by atoms with Crippen LogP contribution in [0.4, 0.5) is 0 Å². The van der Waals surface area contributed by atoms with Gasteiger partial charge in [0.1, 0.15) is 0 Å². The normalized spacial score (nSPS) is 19.5. The summed E-state index contributed by atoms with van der Waals surface area (Å²) in [5, 5.41) is 2.06. The molecule has 0 saturated heterocycles. The summed E-state index contributed by atoms with van der Waals surface area (Å²) in [4.78, 5) is 4.93. The predicted octanol–water partition coefficient (Wildman–Crippen LogP) is 16.5. The van der Waals surface area contributed by atoms with E-state index < -0.39 is 17.0 Å². The number of imidazole rings is 1. The van der Waals surface area contributed by atoms with Gasteiger partial charge in [-0.1, -0.05) is 42.3 Å². The molecule has 6 aliphatic rings. The summed E-state index contributed by atoms with van der Waals surface area (Å²) in [5.41, 5.74) is 16.8. The number of benzene rings is 10. The molecule has 5 nitrogen and oxygen atoms in total. The summed E-state index contributed by atoms with van der Waals surface area (Å²) in [6, 6.07) is 80.3. The fourth-order valence-corrected chi connectivity index (χ4v) is 15.4.